The summed E-state index contributed by atoms with van der Waals surface area (Å²) in [6, 6.07) is 8.74. The van der Waals surface area contributed by atoms with E-state index in [0.717, 1.165) is 6.42 Å². The van der Waals surface area contributed by atoms with Crippen molar-refractivity contribution < 1.29 is 9.59 Å². The van der Waals surface area contributed by atoms with Gasteiger partial charge in [-0.3, -0.25) is 10.1 Å². The predicted molar refractivity (Wildman–Crippen MR) is 97.7 cm³/mol. The maximum Gasteiger partial charge on any atom is 0.325 e. The van der Waals surface area contributed by atoms with Gasteiger partial charge in [-0.25, -0.2) is 9.78 Å². The molecule has 0 spiro atoms. The van der Waals surface area contributed by atoms with Crippen LogP contribution in [0.3, 0.4) is 0 Å². The number of carbonyl (C=O) groups excluding carboxylic acids is 2. The molecule has 3 N–H and O–H groups in total. The minimum absolute atomic E-state index is 0.151. The standard InChI is InChI=1S/C17H22N4O2S/c1-11(2)9-10-18-15(22)14-12(3)19-17(24-14)21-16(23)20-13-7-5-4-6-8-13/h4-8,11H,9-10H2,1-3H3,(H,18,22)(H2,19,20,21,23). The molecule has 0 fully saturated rings. The third kappa shape index (κ3) is 5.34. The van der Waals surface area contributed by atoms with Crippen molar-refractivity contribution in [3.63, 3.8) is 0 Å². The molecule has 0 bridgehead atoms. The molecule has 24 heavy (non-hydrogen) atoms. The Hall–Kier alpha value is -2.41. The molecule has 0 aliphatic rings. The summed E-state index contributed by atoms with van der Waals surface area (Å²) in [4.78, 5) is 28.9. The molecule has 2 rings (SSSR count). The second-order valence-electron chi connectivity index (χ2n) is 5.82. The Bertz CT molecular complexity index is 698. The minimum Gasteiger partial charge on any atom is -0.351 e. The molecule has 3 amide bonds. The first-order chi connectivity index (χ1) is 11.5. The van der Waals surface area contributed by atoms with E-state index in [1.54, 1.807) is 19.1 Å². The van der Waals surface area contributed by atoms with Crippen LogP contribution in [0.5, 0.6) is 0 Å². The number of nitrogens with one attached hydrogen (secondary N) is 3. The van der Waals surface area contributed by atoms with Crippen LogP contribution in [0, 0.1) is 12.8 Å². The zero-order valence-corrected chi connectivity index (χ0v) is 14.9. The minimum atomic E-state index is -0.387. The van der Waals surface area contributed by atoms with E-state index in [2.05, 4.69) is 34.8 Å². The van der Waals surface area contributed by atoms with Crippen molar-refractivity contribution in [1.29, 1.82) is 0 Å². The Labute approximate surface area is 145 Å². The summed E-state index contributed by atoms with van der Waals surface area (Å²) in [6.07, 6.45) is 0.925. The summed E-state index contributed by atoms with van der Waals surface area (Å²) >= 11 is 1.17. The average Bonchev–Trinajstić information content (AvgIpc) is 2.88. The number of nitrogens with zero attached hydrogens (tertiary/aromatic N) is 1. The number of benzene rings is 1. The zero-order chi connectivity index (χ0) is 17.5. The number of anilines is 2. The number of rotatable bonds is 6. The van der Waals surface area contributed by atoms with Gasteiger partial charge in [0.1, 0.15) is 4.88 Å². The highest BCUT2D eigenvalue weighted by molar-refractivity contribution is 7.17. The van der Waals surface area contributed by atoms with E-state index >= 15 is 0 Å². The van der Waals surface area contributed by atoms with Crippen molar-refractivity contribution in [1.82, 2.24) is 10.3 Å². The molecule has 0 aliphatic carbocycles. The molecular formula is C17H22N4O2S. The Morgan fingerprint density at radius 2 is 1.88 bits per heavy atom. The summed E-state index contributed by atoms with van der Waals surface area (Å²) in [5, 5.41) is 8.65. The first-order valence-corrected chi connectivity index (χ1v) is 8.66. The molecule has 128 valence electrons. The van der Waals surface area contributed by atoms with Gasteiger partial charge < -0.3 is 10.6 Å². The van der Waals surface area contributed by atoms with Crippen molar-refractivity contribution in [2.24, 2.45) is 5.92 Å². The maximum atomic E-state index is 12.2. The molecule has 0 atom stereocenters. The first kappa shape index (κ1) is 17.9. The van der Waals surface area contributed by atoms with Crippen molar-refractivity contribution in [2.75, 3.05) is 17.2 Å². The highest BCUT2D eigenvalue weighted by atomic mass is 32.1. The molecule has 2 aromatic rings. The average molecular weight is 346 g/mol. The number of urea groups is 1. The van der Waals surface area contributed by atoms with Gasteiger partial charge in [-0.1, -0.05) is 43.4 Å². The Morgan fingerprint density at radius 3 is 2.54 bits per heavy atom. The van der Waals surface area contributed by atoms with Crippen LogP contribution in [0.4, 0.5) is 15.6 Å². The van der Waals surface area contributed by atoms with E-state index in [4.69, 9.17) is 0 Å². The number of hydrogen-bond donors (Lipinski definition) is 3. The van der Waals surface area contributed by atoms with Crippen LogP contribution >= 0.6 is 11.3 Å². The van der Waals surface area contributed by atoms with Gasteiger partial charge in [-0.15, -0.1) is 0 Å². The summed E-state index contributed by atoms with van der Waals surface area (Å²) < 4.78 is 0. The SMILES string of the molecule is Cc1nc(NC(=O)Nc2ccccc2)sc1C(=O)NCCC(C)C. The lowest BCUT2D eigenvalue weighted by molar-refractivity contribution is 0.0955. The van der Waals surface area contributed by atoms with Crippen LogP contribution in [0.25, 0.3) is 0 Å². The van der Waals surface area contributed by atoms with Crippen LogP contribution in [0.1, 0.15) is 35.6 Å². The Balaban J connectivity index is 1.93. The van der Waals surface area contributed by atoms with Gasteiger partial charge in [0, 0.05) is 12.2 Å². The fourth-order valence-electron chi connectivity index (χ4n) is 2.00. The summed E-state index contributed by atoms with van der Waals surface area (Å²) in [7, 11) is 0. The highest BCUT2D eigenvalue weighted by Gasteiger charge is 2.16. The second kappa shape index (κ2) is 8.44. The van der Waals surface area contributed by atoms with Crippen LogP contribution in [-0.2, 0) is 0 Å². The van der Waals surface area contributed by atoms with Crippen LogP contribution in [0.15, 0.2) is 30.3 Å². The van der Waals surface area contributed by atoms with Crippen LogP contribution < -0.4 is 16.0 Å². The topological polar surface area (TPSA) is 83.1 Å². The third-order valence-electron chi connectivity index (χ3n) is 3.26. The van der Waals surface area contributed by atoms with E-state index in [-0.39, 0.29) is 11.9 Å². The monoisotopic (exact) mass is 346 g/mol. The van der Waals surface area contributed by atoms with Crippen molar-refractivity contribution in [3.8, 4) is 0 Å². The Kier molecular flexibility index (Phi) is 6.31. The summed E-state index contributed by atoms with van der Waals surface area (Å²) in [6.45, 7) is 6.61. The highest BCUT2D eigenvalue weighted by Crippen LogP contribution is 2.22. The van der Waals surface area contributed by atoms with E-state index < -0.39 is 0 Å². The van der Waals surface area contributed by atoms with Crippen LogP contribution in [-0.4, -0.2) is 23.5 Å². The van der Waals surface area contributed by atoms with Gasteiger partial charge in [0.2, 0.25) is 0 Å². The largest absolute Gasteiger partial charge is 0.351 e. The van der Waals surface area contributed by atoms with E-state index in [9.17, 15) is 9.59 Å². The zero-order valence-electron chi connectivity index (χ0n) is 14.1. The van der Waals surface area contributed by atoms with Gasteiger partial charge in [-0.2, -0.15) is 0 Å². The number of aryl methyl sites for hydroxylation is 1. The lowest BCUT2D eigenvalue weighted by Gasteiger charge is -2.06. The molecule has 0 unspecified atom stereocenters. The normalized spacial score (nSPS) is 10.5. The third-order valence-corrected chi connectivity index (χ3v) is 4.33. The molecular weight excluding hydrogens is 324 g/mol. The van der Waals surface area contributed by atoms with Gasteiger partial charge >= 0.3 is 6.03 Å². The predicted octanol–water partition coefficient (Wildman–Crippen LogP) is 3.87. The molecule has 1 heterocycles. The number of para-hydroxylation sites is 1. The summed E-state index contributed by atoms with van der Waals surface area (Å²) in [5.41, 5.74) is 1.30. The number of amides is 3. The molecule has 0 radical (unpaired) electrons. The van der Waals surface area contributed by atoms with Crippen molar-refractivity contribution >= 4 is 34.1 Å². The molecule has 6 nitrogen and oxygen atoms in total. The van der Waals surface area contributed by atoms with Gasteiger partial charge in [-0.05, 0) is 31.4 Å². The van der Waals surface area contributed by atoms with E-state index in [0.29, 0.717) is 33.9 Å². The second-order valence-corrected chi connectivity index (χ2v) is 6.82. The van der Waals surface area contributed by atoms with E-state index in [1.165, 1.54) is 11.3 Å². The number of aromatic nitrogens is 1. The molecule has 0 aliphatic heterocycles. The number of carbonyl (C=O) groups is 2. The maximum absolute atomic E-state index is 12.2. The molecule has 0 saturated carbocycles. The van der Waals surface area contributed by atoms with Crippen molar-refractivity contribution in [3.05, 3.63) is 40.9 Å². The number of thiazole rings is 1. The van der Waals surface area contributed by atoms with Crippen LogP contribution in [0.2, 0.25) is 0 Å². The molecule has 0 saturated heterocycles. The lowest BCUT2D eigenvalue weighted by Crippen LogP contribution is -2.25. The first-order valence-electron chi connectivity index (χ1n) is 7.84. The Morgan fingerprint density at radius 1 is 1.17 bits per heavy atom. The van der Waals surface area contributed by atoms with Gasteiger partial charge in [0.15, 0.2) is 5.13 Å². The van der Waals surface area contributed by atoms with Crippen molar-refractivity contribution in [2.45, 2.75) is 27.2 Å². The number of hydrogen-bond acceptors (Lipinski definition) is 4. The molecule has 1 aromatic carbocycles. The molecule has 1 aromatic heterocycles. The van der Waals surface area contributed by atoms with Gasteiger partial charge in [0.25, 0.3) is 5.91 Å². The lowest BCUT2D eigenvalue weighted by atomic mass is 10.1. The molecule has 7 heteroatoms. The quantitative estimate of drug-likeness (QED) is 0.742. The fraction of sp³-hybridized carbons (Fsp3) is 0.353. The summed E-state index contributed by atoms with van der Waals surface area (Å²) in [5.74, 6) is 0.383. The fourth-order valence-corrected chi connectivity index (χ4v) is 2.87. The van der Waals surface area contributed by atoms with E-state index in [1.807, 2.05) is 18.2 Å². The smallest absolute Gasteiger partial charge is 0.325 e. The van der Waals surface area contributed by atoms with Gasteiger partial charge in [0.05, 0.1) is 5.69 Å².